The summed E-state index contributed by atoms with van der Waals surface area (Å²) >= 11 is 6.15. The van der Waals surface area contributed by atoms with Crippen LogP contribution in [0.3, 0.4) is 0 Å². The Morgan fingerprint density at radius 1 is 1.11 bits per heavy atom. The molecule has 3 aromatic rings. The molecule has 2 aromatic carbocycles. The molecule has 138 valence electrons. The standard InChI is InChI=1S/C19H17ClN4O3/c1-25-15-5-3-13(9-14(15)20)23-19-21-7-6-18(24-19)22-10-12-2-4-16-17(8-12)27-11-26-16/h2-9H,10-11H2,1H3,(H2,21,22,23,24). The van der Waals surface area contributed by atoms with Crippen molar-refractivity contribution in [3.63, 3.8) is 0 Å². The number of benzene rings is 2. The van der Waals surface area contributed by atoms with Gasteiger partial charge in [0.15, 0.2) is 11.5 Å². The lowest BCUT2D eigenvalue weighted by Crippen LogP contribution is -2.04. The molecule has 4 rings (SSSR count). The number of nitrogens with one attached hydrogen (secondary N) is 2. The maximum atomic E-state index is 6.15. The van der Waals surface area contributed by atoms with Crippen molar-refractivity contribution in [2.45, 2.75) is 6.54 Å². The Bertz CT molecular complexity index is 967. The lowest BCUT2D eigenvalue weighted by atomic mass is 10.2. The third-order valence-electron chi connectivity index (χ3n) is 3.97. The van der Waals surface area contributed by atoms with E-state index in [1.165, 1.54) is 0 Å². The van der Waals surface area contributed by atoms with Crippen LogP contribution in [0.4, 0.5) is 17.5 Å². The number of anilines is 3. The first kappa shape index (κ1) is 17.2. The molecule has 1 aliphatic heterocycles. The molecule has 8 heteroatoms. The molecule has 2 heterocycles. The van der Waals surface area contributed by atoms with Crippen molar-refractivity contribution in [1.82, 2.24) is 9.97 Å². The van der Waals surface area contributed by atoms with Crippen LogP contribution in [0.25, 0.3) is 0 Å². The van der Waals surface area contributed by atoms with Crippen LogP contribution in [0.2, 0.25) is 5.02 Å². The zero-order valence-corrected chi connectivity index (χ0v) is 15.3. The van der Waals surface area contributed by atoms with E-state index in [2.05, 4.69) is 20.6 Å². The van der Waals surface area contributed by atoms with E-state index in [0.29, 0.717) is 29.1 Å². The highest BCUT2D eigenvalue weighted by molar-refractivity contribution is 6.32. The van der Waals surface area contributed by atoms with Crippen molar-refractivity contribution in [1.29, 1.82) is 0 Å². The van der Waals surface area contributed by atoms with Gasteiger partial charge in [0.1, 0.15) is 11.6 Å². The molecule has 7 nitrogen and oxygen atoms in total. The van der Waals surface area contributed by atoms with Crippen LogP contribution in [0.1, 0.15) is 5.56 Å². The van der Waals surface area contributed by atoms with E-state index in [9.17, 15) is 0 Å². The minimum atomic E-state index is 0.266. The lowest BCUT2D eigenvalue weighted by Gasteiger charge is -2.10. The van der Waals surface area contributed by atoms with E-state index in [1.54, 1.807) is 31.5 Å². The molecule has 1 aliphatic rings. The molecule has 0 aliphatic carbocycles. The number of methoxy groups -OCH3 is 1. The molecule has 0 spiro atoms. The topological polar surface area (TPSA) is 77.5 Å². The van der Waals surface area contributed by atoms with Gasteiger partial charge in [0.2, 0.25) is 12.7 Å². The fourth-order valence-corrected chi connectivity index (χ4v) is 2.89. The number of halogens is 1. The summed E-state index contributed by atoms with van der Waals surface area (Å²) in [6.07, 6.45) is 1.68. The molecule has 0 unspecified atom stereocenters. The summed E-state index contributed by atoms with van der Waals surface area (Å²) in [5.41, 5.74) is 1.84. The van der Waals surface area contributed by atoms with Crippen molar-refractivity contribution in [3.05, 3.63) is 59.2 Å². The second-order valence-corrected chi connectivity index (χ2v) is 6.19. The molecule has 0 bridgehead atoms. The molecular weight excluding hydrogens is 368 g/mol. The molecule has 0 atom stereocenters. The van der Waals surface area contributed by atoms with Gasteiger partial charge in [0.25, 0.3) is 0 Å². The van der Waals surface area contributed by atoms with Gasteiger partial charge in [-0.2, -0.15) is 4.98 Å². The van der Waals surface area contributed by atoms with E-state index < -0.39 is 0 Å². The van der Waals surface area contributed by atoms with Crippen molar-refractivity contribution >= 4 is 29.1 Å². The van der Waals surface area contributed by atoms with E-state index in [4.69, 9.17) is 25.8 Å². The van der Waals surface area contributed by atoms with Crippen molar-refractivity contribution < 1.29 is 14.2 Å². The third-order valence-corrected chi connectivity index (χ3v) is 4.27. The van der Waals surface area contributed by atoms with Gasteiger partial charge in [-0.3, -0.25) is 0 Å². The second kappa shape index (κ2) is 7.59. The molecule has 0 saturated carbocycles. The maximum Gasteiger partial charge on any atom is 0.231 e. The van der Waals surface area contributed by atoms with Gasteiger partial charge < -0.3 is 24.8 Å². The molecule has 1 aromatic heterocycles. The summed E-state index contributed by atoms with van der Waals surface area (Å²) in [6, 6.07) is 13.0. The number of nitrogens with zero attached hydrogens (tertiary/aromatic N) is 2. The number of ether oxygens (including phenoxy) is 3. The SMILES string of the molecule is COc1ccc(Nc2nccc(NCc3ccc4c(c3)OCO4)n2)cc1Cl. The Kier molecular flexibility index (Phi) is 4.84. The minimum absolute atomic E-state index is 0.266. The van der Waals surface area contributed by atoms with Crippen molar-refractivity contribution in [2.75, 3.05) is 24.5 Å². The van der Waals surface area contributed by atoms with Crippen molar-refractivity contribution in [2.24, 2.45) is 0 Å². The molecule has 0 amide bonds. The summed E-state index contributed by atoms with van der Waals surface area (Å²) in [5.74, 6) is 3.31. The summed E-state index contributed by atoms with van der Waals surface area (Å²) in [6.45, 7) is 0.865. The van der Waals surface area contributed by atoms with Crippen LogP contribution in [0, 0.1) is 0 Å². The summed E-state index contributed by atoms with van der Waals surface area (Å²) in [5, 5.41) is 6.92. The van der Waals surface area contributed by atoms with Crippen LogP contribution in [-0.4, -0.2) is 23.9 Å². The number of hydrogen-bond donors (Lipinski definition) is 2. The molecule has 0 fully saturated rings. The second-order valence-electron chi connectivity index (χ2n) is 5.78. The lowest BCUT2D eigenvalue weighted by molar-refractivity contribution is 0.174. The number of hydrogen-bond acceptors (Lipinski definition) is 7. The Hall–Kier alpha value is -3.19. The van der Waals surface area contributed by atoms with Crippen molar-refractivity contribution in [3.8, 4) is 17.2 Å². The number of fused-ring (bicyclic) bond motifs is 1. The summed E-state index contributed by atoms with van der Waals surface area (Å²) in [4.78, 5) is 8.70. The predicted molar refractivity (Wildman–Crippen MR) is 103 cm³/mol. The van der Waals surface area contributed by atoms with Crippen LogP contribution in [0.5, 0.6) is 17.2 Å². The normalized spacial score (nSPS) is 11.9. The van der Waals surface area contributed by atoms with Gasteiger partial charge in [0.05, 0.1) is 12.1 Å². The fourth-order valence-electron chi connectivity index (χ4n) is 2.63. The minimum Gasteiger partial charge on any atom is -0.495 e. The molecule has 0 saturated heterocycles. The van der Waals surface area contributed by atoms with Crippen LogP contribution in [0.15, 0.2) is 48.7 Å². The first-order chi connectivity index (χ1) is 13.2. The van der Waals surface area contributed by atoms with E-state index in [-0.39, 0.29) is 6.79 Å². The zero-order valence-electron chi connectivity index (χ0n) is 14.5. The average molecular weight is 385 g/mol. The fraction of sp³-hybridized carbons (Fsp3) is 0.158. The Morgan fingerprint density at radius 2 is 2.00 bits per heavy atom. The molecule has 2 N–H and O–H groups in total. The zero-order chi connectivity index (χ0) is 18.6. The molecule has 27 heavy (non-hydrogen) atoms. The van der Waals surface area contributed by atoms with Gasteiger partial charge in [-0.1, -0.05) is 17.7 Å². The number of rotatable bonds is 6. The van der Waals surface area contributed by atoms with Gasteiger partial charge in [-0.05, 0) is 42.0 Å². The predicted octanol–water partition coefficient (Wildman–Crippen LogP) is 4.22. The van der Waals surface area contributed by atoms with E-state index in [1.807, 2.05) is 24.3 Å². The van der Waals surface area contributed by atoms with E-state index >= 15 is 0 Å². The highest BCUT2D eigenvalue weighted by atomic mass is 35.5. The first-order valence-corrected chi connectivity index (χ1v) is 8.65. The Labute approximate surface area is 161 Å². The van der Waals surface area contributed by atoms with Gasteiger partial charge >= 0.3 is 0 Å². The Balaban J connectivity index is 1.42. The smallest absolute Gasteiger partial charge is 0.231 e. The van der Waals surface area contributed by atoms with Crippen LogP contribution < -0.4 is 24.8 Å². The summed E-state index contributed by atoms with van der Waals surface area (Å²) in [7, 11) is 1.58. The quantitative estimate of drug-likeness (QED) is 0.658. The maximum absolute atomic E-state index is 6.15. The van der Waals surface area contributed by atoms with Gasteiger partial charge in [-0.25, -0.2) is 4.98 Å². The third kappa shape index (κ3) is 3.98. The molecule has 0 radical (unpaired) electrons. The first-order valence-electron chi connectivity index (χ1n) is 8.27. The van der Waals surface area contributed by atoms with Gasteiger partial charge in [-0.15, -0.1) is 0 Å². The average Bonchev–Trinajstić information content (AvgIpc) is 3.15. The highest BCUT2D eigenvalue weighted by Gasteiger charge is 2.13. The monoisotopic (exact) mass is 384 g/mol. The molecular formula is C19H17ClN4O3. The van der Waals surface area contributed by atoms with Gasteiger partial charge in [0, 0.05) is 18.4 Å². The van der Waals surface area contributed by atoms with Crippen LogP contribution >= 0.6 is 11.6 Å². The Morgan fingerprint density at radius 3 is 2.85 bits per heavy atom. The van der Waals surface area contributed by atoms with E-state index in [0.717, 1.165) is 22.7 Å². The van der Waals surface area contributed by atoms with Crippen LogP contribution in [-0.2, 0) is 6.54 Å². The highest BCUT2D eigenvalue weighted by Crippen LogP contribution is 2.32. The summed E-state index contributed by atoms with van der Waals surface area (Å²) < 4.78 is 15.9. The number of aromatic nitrogens is 2. The largest absolute Gasteiger partial charge is 0.495 e.